The molecule has 0 aliphatic heterocycles. The van der Waals surface area contributed by atoms with Gasteiger partial charge in [0.05, 0.1) is 6.61 Å². The summed E-state index contributed by atoms with van der Waals surface area (Å²) in [5.41, 5.74) is 1.18. The van der Waals surface area contributed by atoms with Crippen LogP contribution in [0.4, 0.5) is 0 Å². The van der Waals surface area contributed by atoms with Crippen molar-refractivity contribution in [3.63, 3.8) is 0 Å². The fraction of sp³-hybridized carbons (Fsp3) is 0.250. The molecule has 1 aromatic rings. The molecule has 0 bridgehead atoms. The van der Waals surface area contributed by atoms with Crippen LogP contribution in [0.1, 0.15) is 5.56 Å². The molecule has 0 fully saturated rings. The summed E-state index contributed by atoms with van der Waals surface area (Å²) >= 11 is 3.37. The Morgan fingerprint density at radius 1 is 1.42 bits per heavy atom. The molecule has 1 rings (SSSR count). The minimum Gasteiger partial charge on any atom is -0.218 e. The largest absolute Gasteiger partial charge is 0.218 e. The van der Waals surface area contributed by atoms with E-state index in [0.29, 0.717) is 6.61 Å². The molecule has 0 radical (unpaired) electrons. The predicted molar refractivity (Wildman–Crippen MR) is 49.1 cm³/mol. The molecule has 0 unspecified atom stereocenters. The van der Waals surface area contributed by atoms with E-state index in [1.807, 2.05) is 24.3 Å². The van der Waals surface area contributed by atoms with Gasteiger partial charge in [-0.15, -0.1) is 4.99 Å². The summed E-state index contributed by atoms with van der Waals surface area (Å²) < 4.78 is 1.06. The number of hydrogen-bond acceptors (Lipinski definition) is 3. The van der Waals surface area contributed by atoms with Crippen molar-refractivity contribution in [2.75, 3.05) is 6.61 Å². The molecule has 0 aliphatic rings. The fourth-order valence-corrected chi connectivity index (χ4v) is 1.35. The highest BCUT2D eigenvalue weighted by Crippen LogP contribution is 2.11. The summed E-state index contributed by atoms with van der Waals surface area (Å²) in [4.78, 5) is 8.52. The smallest absolute Gasteiger partial charge is 0.0882 e. The zero-order valence-electron chi connectivity index (χ0n) is 6.50. The fourth-order valence-electron chi connectivity index (χ4n) is 0.900. The quantitative estimate of drug-likeness (QED) is 0.489. The van der Waals surface area contributed by atoms with Crippen molar-refractivity contribution in [3.05, 3.63) is 34.3 Å². The van der Waals surface area contributed by atoms with Crippen LogP contribution in [-0.4, -0.2) is 6.61 Å². The van der Waals surface area contributed by atoms with E-state index in [0.717, 1.165) is 10.9 Å². The lowest BCUT2D eigenvalue weighted by Crippen LogP contribution is -2.04. The van der Waals surface area contributed by atoms with Gasteiger partial charge in [0.25, 0.3) is 0 Å². The Morgan fingerprint density at radius 3 is 2.92 bits per heavy atom. The van der Waals surface area contributed by atoms with Crippen molar-refractivity contribution >= 4 is 15.9 Å². The molecule has 12 heavy (non-hydrogen) atoms. The highest BCUT2D eigenvalue weighted by molar-refractivity contribution is 9.10. The zero-order chi connectivity index (χ0) is 8.81. The van der Waals surface area contributed by atoms with Crippen LogP contribution in [-0.2, 0) is 16.3 Å². The molecule has 4 heteroatoms. The zero-order valence-corrected chi connectivity index (χ0v) is 8.08. The molecule has 0 atom stereocenters. The molecule has 3 nitrogen and oxygen atoms in total. The van der Waals surface area contributed by atoms with Crippen LogP contribution in [0.3, 0.4) is 0 Å². The third-order valence-corrected chi connectivity index (χ3v) is 1.92. The van der Waals surface area contributed by atoms with Crippen molar-refractivity contribution in [3.8, 4) is 0 Å². The first-order valence-electron chi connectivity index (χ1n) is 3.55. The third-order valence-electron chi connectivity index (χ3n) is 1.43. The van der Waals surface area contributed by atoms with Gasteiger partial charge in [-0.2, -0.15) is 5.90 Å². The van der Waals surface area contributed by atoms with Gasteiger partial charge in [-0.3, -0.25) is 0 Å². The molecule has 0 aliphatic carbocycles. The minimum absolute atomic E-state index is 0.465. The molecular formula is C8H10BrNO2. The molecule has 66 valence electrons. The van der Waals surface area contributed by atoms with Gasteiger partial charge in [-0.05, 0) is 24.1 Å². The predicted octanol–water partition coefficient (Wildman–Crippen LogP) is 1.81. The van der Waals surface area contributed by atoms with E-state index in [9.17, 15) is 0 Å². The Hall–Kier alpha value is -0.420. The first-order valence-corrected chi connectivity index (χ1v) is 4.35. The van der Waals surface area contributed by atoms with Crippen LogP contribution in [0.25, 0.3) is 0 Å². The van der Waals surface area contributed by atoms with Gasteiger partial charge in [-0.25, -0.2) is 4.89 Å². The van der Waals surface area contributed by atoms with E-state index >= 15 is 0 Å². The summed E-state index contributed by atoms with van der Waals surface area (Å²) in [6, 6.07) is 8.00. The second-order valence-corrected chi connectivity index (χ2v) is 3.21. The van der Waals surface area contributed by atoms with Crippen LogP contribution in [0, 0.1) is 0 Å². The second-order valence-electron chi connectivity index (χ2n) is 2.30. The van der Waals surface area contributed by atoms with Crippen molar-refractivity contribution in [2.24, 2.45) is 5.90 Å². The Balaban J connectivity index is 2.41. The average Bonchev–Trinajstić information content (AvgIpc) is 2.05. The summed E-state index contributed by atoms with van der Waals surface area (Å²) in [7, 11) is 0. The Bertz CT molecular complexity index is 242. The van der Waals surface area contributed by atoms with E-state index in [-0.39, 0.29) is 0 Å². The normalized spacial score (nSPS) is 10.2. The van der Waals surface area contributed by atoms with Gasteiger partial charge < -0.3 is 0 Å². The molecular weight excluding hydrogens is 222 g/mol. The van der Waals surface area contributed by atoms with E-state index in [1.165, 1.54) is 5.56 Å². The lowest BCUT2D eigenvalue weighted by molar-refractivity contribution is -0.298. The molecule has 2 N–H and O–H groups in total. The van der Waals surface area contributed by atoms with E-state index in [2.05, 4.69) is 25.8 Å². The summed E-state index contributed by atoms with van der Waals surface area (Å²) in [6.45, 7) is 0.465. The SMILES string of the molecule is NOOCCc1cccc(Br)c1. The van der Waals surface area contributed by atoms with Crippen LogP contribution < -0.4 is 5.90 Å². The monoisotopic (exact) mass is 231 g/mol. The van der Waals surface area contributed by atoms with E-state index in [4.69, 9.17) is 5.90 Å². The summed E-state index contributed by atoms with van der Waals surface area (Å²) in [5.74, 6) is 4.69. The molecule has 0 heterocycles. The lowest BCUT2D eigenvalue weighted by Gasteiger charge is -2.00. The Labute approximate surface area is 79.5 Å². The van der Waals surface area contributed by atoms with Crippen LogP contribution >= 0.6 is 15.9 Å². The van der Waals surface area contributed by atoms with Gasteiger partial charge in [-0.1, -0.05) is 28.1 Å². The first kappa shape index (κ1) is 9.67. The van der Waals surface area contributed by atoms with Crippen molar-refractivity contribution in [2.45, 2.75) is 6.42 Å². The molecule has 1 aromatic carbocycles. The molecule has 0 amide bonds. The van der Waals surface area contributed by atoms with Crippen molar-refractivity contribution < 1.29 is 9.88 Å². The van der Waals surface area contributed by atoms with E-state index < -0.39 is 0 Å². The number of nitrogens with two attached hydrogens (primary N) is 1. The minimum atomic E-state index is 0.465. The highest BCUT2D eigenvalue weighted by atomic mass is 79.9. The van der Waals surface area contributed by atoms with Gasteiger partial charge in [0.15, 0.2) is 0 Å². The molecule has 0 aromatic heterocycles. The summed E-state index contributed by atoms with van der Waals surface area (Å²) in [6.07, 6.45) is 0.788. The number of benzene rings is 1. The van der Waals surface area contributed by atoms with Gasteiger partial charge >= 0.3 is 0 Å². The highest BCUT2D eigenvalue weighted by Gasteiger charge is 1.93. The lowest BCUT2D eigenvalue weighted by atomic mass is 10.2. The topological polar surface area (TPSA) is 44.5 Å². The standard InChI is InChI=1S/C8H10BrNO2/c9-8-3-1-2-7(6-8)4-5-11-12-10/h1-3,6H,4-5,10H2. The van der Waals surface area contributed by atoms with Gasteiger partial charge in [0, 0.05) is 4.47 Å². The van der Waals surface area contributed by atoms with Crippen LogP contribution in [0.2, 0.25) is 0 Å². The number of halogens is 1. The molecule has 0 saturated carbocycles. The molecule has 0 spiro atoms. The first-order chi connectivity index (χ1) is 5.83. The maximum Gasteiger partial charge on any atom is 0.0882 e. The van der Waals surface area contributed by atoms with E-state index in [1.54, 1.807) is 0 Å². The average molecular weight is 232 g/mol. The maximum absolute atomic E-state index is 4.69. The third kappa shape index (κ3) is 3.32. The van der Waals surface area contributed by atoms with Crippen LogP contribution in [0.15, 0.2) is 28.7 Å². The second kappa shape index (κ2) is 5.27. The van der Waals surface area contributed by atoms with Gasteiger partial charge in [0.1, 0.15) is 0 Å². The Morgan fingerprint density at radius 2 is 2.25 bits per heavy atom. The number of hydrogen-bond donors (Lipinski definition) is 1. The molecule has 0 saturated heterocycles. The van der Waals surface area contributed by atoms with Crippen molar-refractivity contribution in [1.29, 1.82) is 0 Å². The van der Waals surface area contributed by atoms with Crippen LogP contribution in [0.5, 0.6) is 0 Å². The maximum atomic E-state index is 4.69. The van der Waals surface area contributed by atoms with Gasteiger partial charge in [0.2, 0.25) is 0 Å². The number of rotatable bonds is 4. The Kier molecular flexibility index (Phi) is 4.24. The summed E-state index contributed by atoms with van der Waals surface area (Å²) in [5, 5.41) is 0. The van der Waals surface area contributed by atoms with Crippen molar-refractivity contribution in [1.82, 2.24) is 0 Å².